The number of carbonyl (C=O) groups is 1. The minimum atomic E-state index is -0.409. The number of aromatic nitrogens is 2. The first-order valence-corrected chi connectivity index (χ1v) is 9.83. The third-order valence-corrected chi connectivity index (χ3v) is 5.34. The Bertz CT molecular complexity index is 1100. The fraction of sp³-hybridized carbons (Fsp3) is 0.261. The first-order valence-electron chi connectivity index (χ1n) is 9.45. The Morgan fingerprint density at radius 2 is 1.93 bits per heavy atom. The highest BCUT2D eigenvalue weighted by Gasteiger charge is 2.36. The molecule has 4 rings (SSSR count). The number of fused-ring (bicyclic) bond motifs is 1. The van der Waals surface area contributed by atoms with E-state index in [2.05, 4.69) is 22.6 Å². The van der Waals surface area contributed by atoms with Gasteiger partial charge in [0.1, 0.15) is 0 Å². The van der Waals surface area contributed by atoms with Gasteiger partial charge in [0.15, 0.2) is 0 Å². The van der Waals surface area contributed by atoms with Gasteiger partial charge in [-0.3, -0.25) is 14.8 Å². The lowest BCUT2D eigenvalue weighted by Gasteiger charge is -2.43. The van der Waals surface area contributed by atoms with Crippen molar-refractivity contribution in [2.45, 2.75) is 25.5 Å². The Labute approximate surface area is 175 Å². The van der Waals surface area contributed by atoms with Crippen LogP contribution < -0.4 is 0 Å². The van der Waals surface area contributed by atoms with Crippen molar-refractivity contribution in [3.63, 3.8) is 0 Å². The van der Waals surface area contributed by atoms with Crippen LogP contribution in [0.1, 0.15) is 25.5 Å². The van der Waals surface area contributed by atoms with E-state index >= 15 is 0 Å². The van der Waals surface area contributed by atoms with Crippen LogP contribution in [0.5, 0.6) is 0 Å². The molecule has 0 aliphatic carbocycles. The van der Waals surface area contributed by atoms with E-state index in [1.54, 1.807) is 17.3 Å². The number of hydrogen-bond acceptors (Lipinski definition) is 4. The highest BCUT2D eigenvalue weighted by Crippen LogP contribution is 2.35. The van der Waals surface area contributed by atoms with E-state index in [0.29, 0.717) is 18.2 Å². The zero-order valence-electron chi connectivity index (χ0n) is 16.4. The van der Waals surface area contributed by atoms with Crippen molar-refractivity contribution < 1.29 is 9.53 Å². The molecule has 1 amide bonds. The first-order chi connectivity index (χ1) is 13.9. The van der Waals surface area contributed by atoms with E-state index in [1.165, 1.54) is 6.08 Å². The second kappa shape index (κ2) is 7.58. The van der Waals surface area contributed by atoms with Crippen molar-refractivity contribution in [2.75, 3.05) is 13.2 Å². The molecule has 2 aromatic carbocycles. The maximum absolute atomic E-state index is 12.5. The molecule has 0 bridgehead atoms. The number of morpholine rings is 1. The van der Waals surface area contributed by atoms with E-state index in [0.717, 1.165) is 27.7 Å². The van der Waals surface area contributed by atoms with Crippen LogP contribution >= 0.6 is 11.6 Å². The minimum absolute atomic E-state index is 0.117. The largest absolute Gasteiger partial charge is 0.371 e. The van der Waals surface area contributed by atoms with Crippen LogP contribution in [0.4, 0.5) is 0 Å². The summed E-state index contributed by atoms with van der Waals surface area (Å²) >= 11 is 6.46. The predicted molar refractivity (Wildman–Crippen MR) is 115 cm³/mol. The summed E-state index contributed by atoms with van der Waals surface area (Å²) in [4.78, 5) is 23.0. The molecule has 1 atom stereocenters. The maximum Gasteiger partial charge on any atom is 0.246 e. The number of benzene rings is 2. The molecule has 0 N–H and O–H groups in total. The van der Waals surface area contributed by atoms with Crippen molar-refractivity contribution in [1.29, 1.82) is 0 Å². The number of rotatable bonds is 3. The predicted octanol–water partition coefficient (Wildman–Crippen LogP) is 4.81. The molecule has 3 aromatic rings. The number of ether oxygens (including phenoxy) is 1. The fourth-order valence-corrected chi connectivity index (χ4v) is 3.94. The van der Waals surface area contributed by atoms with Gasteiger partial charge in [-0.15, -0.1) is 0 Å². The van der Waals surface area contributed by atoms with Crippen molar-refractivity contribution in [3.8, 4) is 11.1 Å². The first kappa shape index (κ1) is 19.6. The van der Waals surface area contributed by atoms with Crippen LogP contribution in [-0.2, 0) is 9.53 Å². The Hall–Kier alpha value is -2.76. The third kappa shape index (κ3) is 4.02. The summed E-state index contributed by atoms with van der Waals surface area (Å²) in [6, 6.07) is 11.6. The Kier molecular flexibility index (Phi) is 5.11. The number of carbonyl (C=O) groups excluding carboxylic acids is 1. The molecule has 148 valence electrons. The van der Waals surface area contributed by atoms with E-state index < -0.39 is 5.60 Å². The maximum atomic E-state index is 12.5. The summed E-state index contributed by atoms with van der Waals surface area (Å²) in [6.45, 7) is 8.49. The zero-order chi connectivity index (χ0) is 20.6. The quantitative estimate of drug-likeness (QED) is 0.584. The normalized spacial score (nSPS) is 18.6. The highest BCUT2D eigenvalue weighted by molar-refractivity contribution is 6.31. The van der Waals surface area contributed by atoms with Gasteiger partial charge in [-0.2, -0.15) is 0 Å². The highest BCUT2D eigenvalue weighted by atomic mass is 35.5. The molecule has 29 heavy (non-hydrogen) atoms. The van der Waals surface area contributed by atoms with Gasteiger partial charge in [-0.25, -0.2) is 0 Å². The summed E-state index contributed by atoms with van der Waals surface area (Å²) in [5.41, 5.74) is 4.11. The average molecular weight is 408 g/mol. The molecule has 0 unspecified atom stereocenters. The summed E-state index contributed by atoms with van der Waals surface area (Å²) < 4.78 is 6.01. The van der Waals surface area contributed by atoms with Crippen molar-refractivity contribution in [3.05, 3.63) is 72.0 Å². The number of amides is 1. The van der Waals surface area contributed by atoms with E-state index in [1.807, 2.05) is 44.2 Å². The molecule has 5 nitrogen and oxygen atoms in total. The Morgan fingerprint density at radius 1 is 1.17 bits per heavy atom. The molecule has 0 radical (unpaired) electrons. The number of hydrogen-bond donors (Lipinski definition) is 0. The van der Waals surface area contributed by atoms with Crippen LogP contribution in [0.2, 0.25) is 5.02 Å². The summed E-state index contributed by atoms with van der Waals surface area (Å²) in [7, 11) is 0. The smallest absolute Gasteiger partial charge is 0.246 e. The molecule has 0 saturated carbocycles. The molecule has 1 fully saturated rings. The Morgan fingerprint density at radius 3 is 2.69 bits per heavy atom. The zero-order valence-corrected chi connectivity index (χ0v) is 17.2. The molecule has 1 aromatic heterocycles. The van der Waals surface area contributed by atoms with Gasteiger partial charge in [-0.1, -0.05) is 24.2 Å². The molecule has 0 spiro atoms. The average Bonchev–Trinajstić information content (AvgIpc) is 2.71. The lowest BCUT2D eigenvalue weighted by Crippen LogP contribution is -2.51. The topological polar surface area (TPSA) is 55.3 Å². The SMILES string of the molecule is C=CC(=O)N1CC(C)(C)OC[C@H]1c1cc(Cl)cc(-c2ccc3nccnc3c2)c1. The third-order valence-electron chi connectivity index (χ3n) is 5.12. The summed E-state index contributed by atoms with van der Waals surface area (Å²) in [5.74, 6) is -0.117. The monoisotopic (exact) mass is 407 g/mol. The second-order valence-corrected chi connectivity index (χ2v) is 8.23. The van der Waals surface area contributed by atoms with Gasteiger partial charge in [-0.05, 0) is 66.9 Å². The van der Waals surface area contributed by atoms with Crippen LogP contribution in [0.15, 0.2) is 61.4 Å². The number of halogens is 1. The Balaban J connectivity index is 1.75. The van der Waals surface area contributed by atoms with Crippen LogP contribution in [-0.4, -0.2) is 39.5 Å². The van der Waals surface area contributed by atoms with Crippen molar-refractivity contribution in [1.82, 2.24) is 14.9 Å². The van der Waals surface area contributed by atoms with Crippen LogP contribution in [0.3, 0.4) is 0 Å². The number of nitrogens with zero attached hydrogens (tertiary/aromatic N) is 3. The van der Waals surface area contributed by atoms with E-state index in [4.69, 9.17) is 16.3 Å². The van der Waals surface area contributed by atoms with Gasteiger partial charge < -0.3 is 9.64 Å². The standard InChI is InChI=1S/C23H22ClN3O2/c1-4-22(28)27-14-23(2,3)29-13-21(27)17-9-16(10-18(24)11-17)15-5-6-19-20(12-15)26-8-7-25-19/h4-12,21H,1,13-14H2,2-3H3/t21-/m0/s1. The van der Waals surface area contributed by atoms with E-state index in [9.17, 15) is 4.79 Å². The fourth-order valence-electron chi connectivity index (χ4n) is 3.70. The van der Waals surface area contributed by atoms with Gasteiger partial charge in [0.25, 0.3) is 0 Å². The van der Waals surface area contributed by atoms with E-state index in [-0.39, 0.29) is 11.9 Å². The molecule has 1 aliphatic rings. The molecular formula is C23H22ClN3O2. The van der Waals surface area contributed by atoms with Crippen LogP contribution in [0.25, 0.3) is 22.2 Å². The summed E-state index contributed by atoms with van der Waals surface area (Å²) in [6.07, 6.45) is 4.70. The molecular weight excluding hydrogens is 386 g/mol. The second-order valence-electron chi connectivity index (χ2n) is 7.79. The summed E-state index contributed by atoms with van der Waals surface area (Å²) in [5, 5.41) is 0.604. The van der Waals surface area contributed by atoms with Gasteiger partial charge in [0, 0.05) is 17.4 Å². The van der Waals surface area contributed by atoms with Crippen LogP contribution in [0, 0.1) is 0 Å². The lowest BCUT2D eigenvalue weighted by atomic mass is 9.95. The minimum Gasteiger partial charge on any atom is -0.371 e. The molecule has 6 heteroatoms. The van der Waals surface area contributed by atoms with Gasteiger partial charge in [0.2, 0.25) is 5.91 Å². The molecule has 2 heterocycles. The van der Waals surface area contributed by atoms with Crippen molar-refractivity contribution >= 4 is 28.5 Å². The van der Waals surface area contributed by atoms with Gasteiger partial charge in [0.05, 0.1) is 35.8 Å². The molecule has 1 saturated heterocycles. The lowest BCUT2D eigenvalue weighted by molar-refractivity contribution is -0.151. The molecule has 1 aliphatic heterocycles. The van der Waals surface area contributed by atoms with Crippen molar-refractivity contribution in [2.24, 2.45) is 0 Å². The van der Waals surface area contributed by atoms with Gasteiger partial charge >= 0.3 is 0 Å².